The number of hydrogen-bond acceptors (Lipinski definition) is 2. The number of hydrogen-bond donors (Lipinski definition) is 2. The van der Waals surface area contributed by atoms with Gasteiger partial charge in [-0.15, -0.1) is 0 Å². The molecule has 0 radical (unpaired) electrons. The van der Waals surface area contributed by atoms with E-state index in [-0.39, 0.29) is 0 Å². The molecule has 0 spiro atoms. The van der Waals surface area contributed by atoms with Gasteiger partial charge in [0.05, 0.1) is 0 Å². The zero-order valence-corrected chi connectivity index (χ0v) is 13.6. The summed E-state index contributed by atoms with van der Waals surface area (Å²) in [6.07, 6.45) is 0. The fourth-order valence-corrected chi connectivity index (χ4v) is 1.93. The van der Waals surface area contributed by atoms with Crippen molar-refractivity contribution < 1.29 is 15.0 Å². The van der Waals surface area contributed by atoms with Crippen molar-refractivity contribution >= 4 is 21.9 Å². The van der Waals surface area contributed by atoms with Crippen LogP contribution in [0.4, 0.5) is 0 Å². The number of carboxylic acid groups (broad SMARTS) is 1. The third kappa shape index (κ3) is 6.00. The number of halogens is 1. The molecule has 2 N–H and O–H groups in total. The van der Waals surface area contributed by atoms with Crippen molar-refractivity contribution in [2.24, 2.45) is 0 Å². The molecule has 0 fully saturated rings. The summed E-state index contributed by atoms with van der Waals surface area (Å²) in [4.78, 5) is 9.86. The van der Waals surface area contributed by atoms with Gasteiger partial charge in [0.15, 0.2) is 0 Å². The molecule has 0 heterocycles. The van der Waals surface area contributed by atoms with E-state index in [0.717, 1.165) is 5.56 Å². The van der Waals surface area contributed by atoms with Crippen molar-refractivity contribution in [1.29, 1.82) is 0 Å². The van der Waals surface area contributed by atoms with E-state index in [4.69, 9.17) is 10.2 Å². The van der Waals surface area contributed by atoms with Crippen LogP contribution >= 0.6 is 15.9 Å². The van der Waals surface area contributed by atoms with Crippen molar-refractivity contribution in [3.63, 3.8) is 0 Å². The first-order valence-electron chi connectivity index (χ1n) is 6.62. The van der Waals surface area contributed by atoms with Crippen LogP contribution in [0.5, 0.6) is 5.75 Å². The highest BCUT2D eigenvalue weighted by molar-refractivity contribution is 9.09. The van der Waals surface area contributed by atoms with Crippen LogP contribution in [0, 0.1) is 0 Å². The van der Waals surface area contributed by atoms with Crippen molar-refractivity contribution in [1.82, 2.24) is 0 Å². The highest BCUT2D eigenvalue weighted by atomic mass is 79.9. The Bertz CT molecular complexity index is 550. The molecule has 4 heteroatoms. The van der Waals surface area contributed by atoms with Crippen LogP contribution in [0.15, 0.2) is 54.6 Å². The van der Waals surface area contributed by atoms with Crippen LogP contribution in [0.3, 0.4) is 0 Å². The number of aliphatic carboxylic acids is 1. The summed E-state index contributed by atoms with van der Waals surface area (Å²) in [6.45, 7) is 4.26. The van der Waals surface area contributed by atoms with Crippen LogP contribution in [0.1, 0.15) is 35.7 Å². The molecule has 2 rings (SSSR count). The molecule has 3 nitrogen and oxygen atoms in total. The Morgan fingerprint density at radius 3 is 1.90 bits per heavy atom. The molecule has 0 aliphatic heterocycles. The Morgan fingerprint density at radius 1 is 0.952 bits per heavy atom. The Hall–Kier alpha value is -1.81. The Morgan fingerprint density at radius 2 is 1.48 bits per heavy atom. The van der Waals surface area contributed by atoms with E-state index in [1.54, 1.807) is 24.3 Å². The highest BCUT2D eigenvalue weighted by Gasteiger charge is 2.13. The largest absolute Gasteiger partial charge is 0.508 e. The van der Waals surface area contributed by atoms with E-state index in [1.807, 2.05) is 30.3 Å². The molecule has 112 valence electrons. The van der Waals surface area contributed by atoms with Gasteiger partial charge in [0.1, 0.15) is 10.6 Å². The molecule has 2 aromatic carbocycles. The second kappa shape index (κ2) is 8.47. The van der Waals surface area contributed by atoms with Gasteiger partial charge in [0, 0.05) is 0 Å². The quantitative estimate of drug-likeness (QED) is 0.787. The predicted octanol–water partition coefficient (Wildman–Crippen LogP) is 4.72. The molecule has 1 unspecified atom stereocenters. The van der Waals surface area contributed by atoms with Gasteiger partial charge in [0.2, 0.25) is 0 Å². The van der Waals surface area contributed by atoms with Crippen LogP contribution < -0.4 is 0 Å². The lowest BCUT2D eigenvalue weighted by atomic mass is 10.0. The van der Waals surface area contributed by atoms with Crippen LogP contribution in [-0.2, 0) is 4.79 Å². The highest BCUT2D eigenvalue weighted by Crippen LogP contribution is 2.21. The van der Waals surface area contributed by atoms with Crippen LogP contribution in [0.2, 0.25) is 0 Å². The van der Waals surface area contributed by atoms with E-state index < -0.39 is 10.8 Å². The number of carboxylic acids is 1. The van der Waals surface area contributed by atoms with Crippen molar-refractivity contribution in [3.8, 4) is 5.75 Å². The lowest BCUT2D eigenvalue weighted by molar-refractivity contribution is -0.136. The van der Waals surface area contributed by atoms with Gasteiger partial charge >= 0.3 is 5.97 Å². The molecule has 0 saturated heterocycles. The maximum atomic E-state index is 10.5. The second-order valence-corrected chi connectivity index (χ2v) is 5.77. The van der Waals surface area contributed by atoms with E-state index >= 15 is 0 Å². The van der Waals surface area contributed by atoms with Gasteiger partial charge in [-0.3, -0.25) is 4.79 Å². The minimum absolute atomic E-state index is 0.337. The number of phenolic OH excluding ortho intramolecular Hbond substituents is 1. The summed E-state index contributed by atoms with van der Waals surface area (Å²) in [5.74, 6) is 0.0150. The normalized spacial score (nSPS) is 11.4. The van der Waals surface area contributed by atoms with Gasteiger partial charge in [-0.25, -0.2) is 0 Å². The molecule has 0 aliphatic rings. The Labute approximate surface area is 133 Å². The fraction of sp³-hybridized carbons (Fsp3) is 0.235. The maximum absolute atomic E-state index is 10.5. The first kappa shape index (κ1) is 17.2. The molecule has 0 saturated carbocycles. The maximum Gasteiger partial charge on any atom is 0.321 e. The summed E-state index contributed by atoms with van der Waals surface area (Å²) in [7, 11) is 0. The number of alkyl halides is 1. The van der Waals surface area contributed by atoms with Crippen LogP contribution in [-0.4, -0.2) is 16.2 Å². The zero-order valence-electron chi connectivity index (χ0n) is 12.0. The SMILES string of the molecule is CC(C)c1ccc(O)cc1.O=C(O)C(Br)c1ccccc1. The topological polar surface area (TPSA) is 57.5 Å². The lowest BCUT2D eigenvalue weighted by Gasteiger charge is -2.03. The standard InChI is InChI=1S/C9H12O.C8H7BrO2/c1-7(2)8-3-5-9(10)6-4-8;9-7(8(10)11)6-4-2-1-3-5-6/h3-7,10H,1-2H3;1-5,7H,(H,10,11). The summed E-state index contributed by atoms with van der Waals surface area (Å²) in [5.41, 5.74) is 2.03. The molecule has 0 amide bonds. The van der Waals surface area contributed by atoms with Crippen molar-refractivity contribution in [2.45, 2.75) is 24.6 Å². The third-order valence-corrected chi connectivity index (χ3v) is 3.79. The summed E-state index contributed by atoms with van der Waals surface area (Å²) < 4.78 is 0. The molecule has 1 atom stereocenters. The van der Waals surface area contributed by atoms with E-state index in [2.05, 4.69) is 29.8 Å². The molecule has 21 heavy (non-hydrogen) atoms. The van der Waals surface area contributed by atoms with Gasteiger partial charge < -0.3 is 10.2 Å². The summed E-state index contributed by atoms with van der Waals surface area (Å²) >= 11 is 3.05. The van der Waals surface area contributed by atoms with E-state index in [1.165, 1.54) is 5.56 Å². The van der Waals surface area contributed by atoms with E-state index in [0.29, 0.717) is 11.7 Å². The molecular formula is C17H19BrO3. The Balaban J connectivity index is 0.000000211. The average molecular weight is 351 g/mol. The average Bonchev–Trinajstić information content (AvgIpc) is 2.48. The Kier molecular flexibility index (Phi) is 6.96. The summed E-state index contributed by atoms with van der Waals surface area (Å²) in [5, 5.41) is 17.5. The van der Waals surface area contributed by atoms with Gasteiger partial charge in [0.25, 0.3) is 0 Å². The first-order chi connectivity index (χ1) is 9.91. The minimum atomic E-state index is -0.865. The number of aromatic hydroxyl groups is 1. The molecule has 2 aromatic rings. The fourth-order valence-electron chi connectivity index (χ4n) is 1.62. The number of phenols is 1. The first-order valence-corrected chi connectivity index (χ1v) is 7.54. The van der Waals surface area contributed by atoms with E-state index in [9.17, 15) is 4.79 Å². The minimum Gasteiger partial charge on any atom is -0.508 e. The second-order valence-electron chi connectivity index (χ2n) is 4.86. The van der Waals surface area contributed by atoms with Crippen molar-refractivity contribution in [2.75, 3.05) is 0 Å². The number of rotatable bonds is 3. The molecular weight excluding hydrogens is 332 g/mol. The number of carbonyl (C=O) groups is 1. The van der Waals surface area contributed by atoms with Gasteiger partial charge in [-0.1, -0.05) is 72.2 Å². The van der Waals surface area contributed by atoms with Gasteiger partial charge in [-0.2, -0.15) is 0 Å². The monoisotopic (exact) mass is 350 g/mol. The number of benzene rings is 2. The zero-order chi connectivity index (χ0) is 15.8. The van der Waals surface area contributed by atoms with Crippen molar-refractivity contribution in [3.05, 3.63) is 65.7 Å². The van der Waals surface area contributed by atoms with Crippen LogP contribution in [0.25, 0.3) is 0 Å². The molecule has 0 aromatic heterocycles. The smallest absolute Gasteiger partial charge is 0.321 e. The molecule has 0 bridgehead atoms. The summed E-state index contributed by atoms with van der Waals surface area (Å²) in [6, 6.07) is 16.3. The molecule has 0 aliphatic carbocycles. The predicted molar refractivity (Wildman–Crippen MR) is 87.9 cm³/mol. The van der Waals surface area contributed by atoms with Gasteiger partial charge in [-0.05, 0) is 29.2 Å². The lowest BCUT2D eigenvalue weighted by Crippen LogP contribution is -2.03. The third-order valence-electron chi connectivity index (χ3n) is 2.87.